The molecule has 1 aliphatic heterocycles. The highest BCUT2D eigenvalue weighted by molar-refractivity contribution is 6.00. The molecule has 1 aromatic carbocycles. The van der Waals surface area contributed by atoms with Crippen LogP contribution in [-0.4, -0.2) is 40.1 Å². The van der Waals surface area contributed by atoms with Crippen LogP contribution in [0.4, 0.5) is 5.69 Å². The average Bonchev–Trinajstić information content (AvgIpc) is 3.24. The van der Waals surface area contributed by atoms with Crippen LogP contribution in [0.3, 0.4) is 0 Å². The van der Waals surface area contributed by atoms with Gasteiger partial charge in [-0.3, -0.25) is 19.1 Å². The predicted octanol–water partition coefficient (Wildman–Crippen LogP) is 2.98. The summed E-state index contributed by atoms with van der Waals surface area (Å²) in [6.45, 7) is 2.93. The van der Waals surface area contributed by atoms with Crippen molar-refractivity contribution in [3.05, 3.63) is 47.8 Å². The van der Waals surface area contributed by atoms with Crippen molar-refractivity contribution in [2.24, 2.45) is 18.9 Å². The topological polar surface area (TPSA) is 105 Å². The van der Waals surface area contributed by atoms with Gasteiger partial charge < -0.3 is 16.0 Å². The first kappa shape index (κ1) is 23.0. The third kappa shape index (κ3) is 5.61. The molecule has 3 amide bonds. The molecule has 1 saturated heterocycles. The standard InChI is InChI=1S/C25H33N5O3/c1-16-3-5-18(6-4-16)23(29-24(32)21-12-14-27-30(21)2)25(33)28-20-9-7-17(8-10-20)19-11-13-26-22(31)15-19/h7-10,12,14,16,18-19,23H,3-6,11,13,15H2,1-2H3,(H,26,31)(H,28,33)(H,29,32)/t16?,18?,19?,23-/m0/s1. The van der Waals surface area contributed by atoms with Crippen molar-refractivity contribution in [3.63, 3.8) is 0 Å². The summed E-state index contributed by atoms with van der Waals surface area (Å²) in [5, 5.41) is 12.9. The second-order valence-electron chi connectivity index (χ2n) is 9.46. The van der Waals surface area contributed by atoms with E-state index in [0.29, 0.717) is 30.3 Å². The summed E-state index contributed by atoms with van der Waals surface area (Å²) in [4.78, 5) is 37.9. The Hall–Kier alpha value is -3.16. The first-order valence-electron chi connectivity index (χ1n) is 11.9. The molecule has 0 spiro atoms. The van der Waals surface area contributed by atoms with Crippen molar-refractivity contribution >= 4 is 23.4 Å². The van der Waals surface area contributed by atoms with E-state index < -0.39 is 6.04 Å². The van der Waals surface area contributed by atoms with Gasteiger partial charge in [-0.15, -0.1) is 0 Å². The molecule has 33 heavy (non-hydrogen) atoms. The van der Waals surface area contributed by atoms with Gasteiger partial charge in [-0.05, 0) is 60.8 Å². The largest absolute Gasteiger partial charge is 0.356 e. The van der Waals surface area contributed by atoms with Gasteiger partial charge in [0.15, 0.2) is 0 Å². The number of carbonyl (C=O) groups excluding carboxylic acids is 3. The highest BCUT2D eigenvalue weighted by Crippen LogP contribution is 2.31. The van der Waals surface area contributed by atoms with E-state index in [1.54, 1.807) is 19.3 Å². The van der Waals surface area contributed by atoms with Crippen LogP contribution >= 0.6 is 0 Å². The molecule has 0 bridgehead atoms. The summed E-state index contributed by atoms with van der Waals surface area (Å²) in [5.41, 5.74) is 2.22. The molecular formula is C25H33N5O3. The van der Waals surface area contributed by atoms with Gasteiger partial charge >= 0.3 is 0 Å². The Labute approximate surface area is 194 Å². The summed E-state index contributed by atoms with van der Waals surface area (Å²) >= 11 is 0. The van der Waals surface area contributed by atoms with Gasteiger partial charge in [-0.1, -0.05) is 31.9 Å². The van der Waals surface area contributed by atoms with Gasteiger partial charge in [0.1, 0.15) is 11.7 Å². The number of nitrogens with zero attached hydrogens (tertiary/aromatic N) is 2. The maximum atomic E-state index is 13.3. The maximum absolute atomic E-state index is 13.3. The fraction of sp³-hybridized carbons (Fsp3) is 0.520. The van der Waals surface area contributed by atoms with Crippen molar-refractivity contribution in [1.82, 2.24) is 20.4 Å². The van der Waals surface area contributed by atoms with Gasteiger partial charge in [0.25, 0.3) is 5.91 Å². The summed E-state index contributed by atoms with van der Waals surface area (Å²) < 4.78 is 1.51. The van der Waals surface area contributed by atoms with E-state index in [2.05, 4.69) is 28.0 Å². The highest BCUT2D eigenvalue weighted by Gasteiger charge is 2.33. The monoisotopic (exact) mass is 451 g/mol. The Morgan fingerprint density at radius 2 is 1.82 bits per heavy atom. The highest BCUT2D eigenvalue weighted by atomic mass is 16.2. The lowest BCUT2D eigenvalue weighted by Crippen LogP contribution is -2.49. The smallest absolute Gasteiger partial charge is 0.270 e. The third-order valence-corrected chi connectivity index (χ3v) is 7.05. The number of rotatable bonds is 6. The van der Waals surface area contributed by atoms with E-state index in [1.807, 2.05) is 24.3 Å². The Balaban J connectivity index is 1.45. The molecule has 2 fully saturated rings. The van der Waals surface area contributed by atoms with Gasteiger partial charge in [0.2, 0.25) is 11.8 Å². The quantitative estimate of drug-likeness (QED) is 0.628. The molecule has 8 heteroatoms. The SMILES string of the molecule is CC1CCC([C@H](NC(=O)c2ccnn2C)C(=O)Nc2ccc(C3CCNC(=O)C3)cc2)CC1. The number of nitrogens with one attached hydrogen (secondary N) is 3. The van der Waals surface area contributed by atoms with Crippen LogP contribution in [0.1, 0.15) is 67.4 Å². The molecule has 1 unspecified atom stereocenters. The Morgan fingerprint density at radius 3 is 2.45 bits per heavy atom. The van der Waals surface area contributed by atoms with Gasteiger partial charge in [-0.25, -0.2) is 0 Å². The Bertz CT molecular complexity index is 992. The average molecular weight is 452 g/mol. The van der Waals surface area contributed by atoms with Crippen LogP contribution in [-0.2, 0) is 16.6 Å². The Morgan fingerprint density at radius 1 is 1.09 bits per heavy atom. The number of benzene rings is 1. The fourth-order valence-corrected chi connectivity index (χ4v) is 4.96. The zero-order chi connectivity index (χ0) is 23.4. The molecule has 2 aromatic rings. The van der Waals surface area contributed by atoms with Crippen molar-refractivity contribution in [1.29, 1.82) is 0 Å². The molecule has 2 heterocycles. The molecule has 8 nitrogen and oxygen atoms in total. The van der Waals surface area contributed by atoms with Crippen molar-refractivity contribution < 1.29 is 14.4 Å². The second-order valence-corrected chi connectivity index (χ2v) is 9.46. The fourth-order valence-electron chi connectivity index (χ4n) is 4.96. The third-order valence-electron chi connectivity index (χ3n) is 7.05. The molecular weight excluding hydrogens is 418 g/mol. The lowest BCUT2D eigenvalue weighted by Gasteiger charge is -2.32. The van der Waals surface area contributed by atoms with Gasteiger partial charge in [-0.2, -0.15) is 5.10 Å². The van der Waals surface area contributed by atoms with Crippen LogP contribution in [0.25, 0.3) is 0 Å². The van der Waals surface area contributed by atoms with Crippen LogP contribution in [0.2, 0.25) is 0 Å². The number of aryl methyl sites for hydroxylation is 1. The molecule has 1 aromatic heterocycles. The summed E-state index contributed by atoms with van der Waals surface area (Å²) in [7, 11) is 1.71. The molecule has 3 N–H and O–H groups in total. The van der Waals surface area contributed by atoms with E-state index in [-0.39, 0.29) is 29.6 Å². The summed E-state index contributed by atoms with van der Waals surface area (Å²) in [6.07, 6.45) is 6.91. The molecule has 1 aliphatic carbocycles. The van der Waals surface area contributed by atoms with Crippen molar-refractivity contribution in [2.75, 3.05) is 11.9 Å². The number of piperidine rings is 1. The lowest BCUT2D eigenvalue weighted by molar-refractivity contribution is -0.122. The molecule has 0 radical (unpaired) electrons. The number of hydrogen-bond donors (Lipinski definition) is 3. The predicted molar refractivity (Wildman–Crippen MR) is 126 cm³/mol. The zero-order valence-electron chi connectivity index (χ0n) is 19.3. The van der Waals surface area contributed by atoms with E-state index in [0.717, 1.165) is 37.7 Å². The minimum absolute atomic E-state index is 0.0810. The number of carbonyl (C=O) groups is 3. The first-order valence-corrected chi connectivity index (χ1v) is 11.9. The van der Waals surface area contributed by atoms with Crippen molar-refractivity contribution in [3.8, 4) is 0 Å². The lowest BCUT2D eigenvalue weighted by atomic mass is 9.79. The van der Waals surface area contributed by atoms with E-state index in [9.17, 15) is 14.4 Å². The number of amides is 3. The molecule has 1 saturated carbocycles. The minimum Gasteiger partial charge on any atom is -0.356 e. The number of aromatic nitrogens is 2. The summed E-state index contributed by atoms with van der Waals surface area (Å²) in [6, 6.07) is 8.75. The molecule has 176 valence electrons. The van der Waals surface area contributed by atoms with Crippen LogP contribution in [0.5, 0.6) is 0 Å². The minimum atomic E-state index is -0.610. The van der Waals surface area contributed by atoms with Gasteiger partial charge in [0, 0.05) is 31.9 Å². The normalized spacial score (nSPS) is 23.9. The molecule has 2 aliphatic rings. The van der Waals surface area contributed by atoms with E-state index in [4.69, 9.17) is 0 Å². The Kier molecular flexibility index (Phi) is 7.11. The van der Waals surface area contributed by atoms with Crippen LogP contribution in [0.15, 0.2) is 36.5 Å². The molecule has 4 rings (SSSR count). The van der Waals surface area contributed by atoms with Gasteiger partial charge in [0.05, 0.1) is 0 Å². The first-order chi connectivity index (χ1) is 15.9. The van der Waals surface area contributed by atoms with E-state index in [1.165, 1.54) is 4.68 Å². The van der Waals surface area contributed by atoms with Crippen LogP contribution < -0.4 is 16.0 Å². The van der Waals surface area contributed by atoms with Crippen LogP contribution in [0, 0.1) is 11.8 Å². The second kappa shape index (κ2) is 10.2. The number of hydrogen-bond acceptors (Lipinski definition) is 4. The zero-order valence-corrected chi connectivity index (χ0v) is 19.3. The van der Waals surface area contributed by atoms with E-state index >= 15 is 0 Å². The molecule has 2 atom stereocenters. The van der Waals surface area contributed by atoms with Crippen molar-refractivity contribution in [2.45, 2.75) is 57.4 Å². The summed E-state index contributed by atoms with van der Waals surface area (Å²) in [5.74, 6) is 0.538. The maximum Gasteiger partial charge on any atom is 0.270 e. The number of anilines is 1.